The summed E-state index contributed by atoms with van der Waals surface area (Å²) in [6.45, 7) is 1.53. The van der Waals surface area contributed by atoms with Crippen molar-refractivity contribution in [2.45, 2.75) is 0 Å². The molecule has 1 aromatic heterocycles. The van der Waals surface area contributed by atoms with Crippen LogP contribution in [0.15, 0.2) is 71.1 Å². The first-order chi connectivity index (χ1) is 12.6. The third-order valence-corrected chi connectivity index (χ3v) is 5.25. The highest BCUT2D eigenvalue weighted by Gasteiger charge is 2.21. The third kappa shape index (κ3) is 3.14. The van der Waals surface area contributed by atoms with Crippen LogP contribution in [0.4, 0.5) is 5.69 Å². The van der Waals surface area contributed by atoms with Crippen molar-refractivity contribution in [2.75, 3.05) is 18.9 Å². The number of benzene rings is 3. The molecule has 0 saturated heterocycles. The molecule has 0 unspecified atom stereocenters. The fourth-order valence-electron chi connectivity index (χ4n) is 2.93. The van der Waals surface area contributed by atoms with Crippen LogP contribution >= 0.6 is 7.52 Å². The van der Waals surface area contributed by atoms with Crippen molar-refractivity contribution in [1.29, 1.82) is 0 Å². The molecule has 0 aliphatic rings. The molecule has 0 amide bonds. The number of rotatable bonds is 5. The van der Waals surface area contributed by atoms with E-state index in [2.05, 4.69) is 5.09 Å². The number of fused-ring (bicyclic) bond motifs is 3. The van der Waals surface area contributed by atoms with E-state index in [9.17, 15) is 4.57 Å². The van der Waals surface area contributed by atoms with Crippen molar-refractivity contribution in [2.24, 2.45) is 0 Å². The predicted molar refractivity (Wildman–Crippen MR) is 104 cm³/mol. The van der Waals surface area contributed by atoms with Crippen molar-refractivity contribution in [3.63, 3.8) is 0 Å². The molecule has 1 N–H and O–H groups in total. The van der Waals surface area contributed by atoms with E-state index in [1.54, 1.807) is 25.3 Å². The summed E-state index contributed by atoms with van der Waals surface area (Å²) in [5.74, 6) is 1.11. The molecule has 0 aliphatic heterocycles. The first-order valence-electron chi connectivity index (χ1n) is 8.15. The topological polar surface area (TPSA) is 60.7 Å². The Kier molecular flexibility index (Phi) is 4.09. The molecule has 0 bridgehead atoms. The zero-order chi connectivity index (χ0) is 18.1. The van der Waals surface area contributed by atoms with E-state index in [4.69, 9.17) is 13.7 Å². The Balaban J connectivity index is 1.73. The number of para-hydroxylation sites is 2. The van der Waals surface area contributed by atoms with E-state index in [1.165, 1.54) is 6.66 Å². The maximum absolute atomic E-state index is 12.9. The lowest BCUT2D eigenvalue weighted by Gasteiger charge is -2.19. The van der Waals surface area contributed by atoms with Gasteiger partial charge in [-0.15, -0.1) is 0 Å². The molecule has 132 valence electrons. The molecule has 0 aliphatic carbocycles. The average Bonchev–Trinajstić information content (AvgIpc) is 2.98. The average molecular weight is 367 g/mol. The molecular formula is C20H18NO4P. The Morgan fingerprint density at radius 3 is 2.42 bits per heavy atom. The van der Waals surface area contributed by atoms with Gasteiger partial charge in [0, 0.05) is 23.5 Å². The van der Waals surface area contributed by atoms with Gasteiger partial charge in [-0.25, -0.2) is 0 Å². The molecule has 0 fully saturated rings. The monoisotopic (exact) mass is 367 g/mol. The van der Waals surface area contributed by atoms with Gasteiger partial charge in [-0.3, -0.25) is 4.57 Å². The van der Waals surface area contributed by atoms with Crippen LogP contribution in [0.25, 0.3) is 21.9 Å². The molecule has 26 heavy (non-hydrogen) atoms. The summed E-state index contributed by atoms with van der Waals surface area (Å²) in [4.78, 5) is 0. The van der Waals surface area contributed by atoms with E-state index in [0.29, 0.717) is 22.8 Å². The van der Waals surface area contributed by atoms with Gasteiger partial charge in [-0.2, -0.15) is 0 Å². The molecule has 0 spiro atoms. The summed E-state index contributed by atoms with van der Waals surface area (Å²) in [5, 5.41) is 4.92. The highest BCUT2D eigenvalue weighted by atomic mass is 31.2. The van der Waals surface area contributed by atoms with Crippen molar-refractivity contribution in [1.82, 2.24) is 0 Å². The zero-order valence-corrected chi connectivity index (χ0v) is 15.3. The van der Waals surface area contributed by atoms with Crippen molar-refractivity contribution < 1.29 is 18.2 Å². The summed E-state index contributed by atoms with van der Waals surface area (Å²) in [6, 6.07) is 20.5. The molecule has 5 nitrogen and oxygen atoms in total. The number of ether oxygens (including phenoxy) is 1. The predicted octanol–water partition coefficient (Wildman–Crippen LogP) is 5.91. The number of anilines is 1. The molecule has 4 aromatic rings. The maximum atomic E-state index is 12.9. The second-order valence-electron chi connectivity index (χ2n) is 6.01. The molecule has 0 saturated carbocycles. The summed E-state index contributed by atoms with van der Waals surface area (Å²) in [6.07, 6.45) is 0. The lowest BCUT2D eigenvalue weighted by atomic mass is 10.1. The van der Waals surface area contributed by atoms with Crippen LogP contribution in [-0.4, -0.2) is 13.8 Å². The van der Waals surface area contributed by atoms with Gasteiger partial charge in [0.15, 0.2) is 0 Å². The van der Waals surface area contributed by atoms with Crippen LogP contribution in [0.5, 0.6) is 11.5 Å². The van der Waals surface area contributed by atoms with Crippen LogP contribution in [0, 0.1) is 0 Å². The summed E-state index contributed by atoms with van der Waals surface area (Å²) in [5.41, 5.74) is 2.04. The van der Waals surface area contributed by atoms with Gasteiger partial charge in [0.1, 0.15) is 22.7 Å². The molecule has 3 aromatic carbocycles. The summed E-state index contributed by atoms with van der Waals surface area (Å²) in [7, 11) is -1.58. The molecule has 0 radical (unpaired) electrons. The fraction of sp³-hybridized carbons (Fsp3) is 0.100. The van der Waals surface area contributed by atoms with Crippen LogP contribution in [0.3, 0.4) is 0 Å². The Morgan fingerprint density at radius 1 is 0.923 bits per heavy atom. The van der Waals surface area contributed by atoms with Crippen molar-refractivity contribution in [3.05, 3.63) is 66.7 Å². The molecular weight excluding hydrogens is 349 g/mol. The smallest absolute Gasteiger partial charge is 0.338 e. The van der Waals surface area contributed by atoms with Crippen molar-refractivity contribution >= 4 is 35.1 Å². The molecule has 1 heterocycles. The van der Waals surface area contributed by atoms with Gasteiger partial charge in [0.25, 0.3) is 0 Å². The number of methoxy groups -OCH3 is 1. The Bertz CT molecular complexity index is 1120. The molecule has 6 heteroatoms. The highest BCUT2D eigenvalue weighted by Crippen LogP contribution is 2.47. The Labute approximate surface area is 151 Å². The van der Waals surface area contributed by atoms with E-state index < -0.39 is 7.52 Å². The van der Waals surface area contributed by atoms with Gasteiger partial charge in [-0.1, -0.05) is 36.4 Å². The number of hydrogen-bond acceptors (Lipinski definition) is 4. The van der Waals surface area contributed by atoms with E-state index >= 15 is 0 Å². The van der Waals surface area contributed by atoms with Crippen LogP contribution in [-0.2, 0) is 4.57 Å². The lowest BCUT2D eigenvalue weighted by Crippen LogP contribution is -2.03. The first kappa shape index (κ1) is 16.6. The summed E-state index contributed by atoms with van der Waals surface area (Å²) >= 11 is 0. The lowest BCUT2D eigenvalue weighted by molar-refractivity contribution is 0.417. The van der Waals surface area contributed by atoms with E-state index in [1.807, 2.05) is 48.5 Å². The van der Waals surface area contributed by atoms with Crippen molar-refractivity contribution in [3.8, 4) is 11.5 Å². The Hall–Kier alpha value is -2.91. The standard InChI is InChI=1S/C20H18NO4P/c1-23-20-12-16-15-10-6-7-11-18(15)24-19(16)13-17(20)21-26(2,22)25-14-8-4-3-5-9-14/h3-13H,1-2H3,(H,21,22)/t26-/m0/s1. The minimum Gasteiger partial charge on any atom is -0.495 e. The fourth-order valence-corrected chi connectivity index (χ4v) is 4.11. The van der Waals surface area contributed by atoms with Gasteiger partial charge < -0.3 is 18.8 Å². The SMILES string of the molecule is COc1cc2c(cc1N[P@@](C)(=O)Oc1ccccc1)oc1ccccc12. The quantitative estimate of drug-likeness (QED) is 0.445. The Morgan fingerprint density at radius 2 is 1.65 bits per heavy atom. The number of nitrogens with one attached hydrogen (secondary N) is 1. The first-order valence-corrected chi connectivity index (χ1v) is 10.2. The van der Waals surface area contributed by atoms with Crippen LogP contribution < -0.4 is 14.3 Å². The summed E-state index contributed by atoms with van der Waals surface area (Å²) < 4.78 is 29.9. The molecule has 1 atom stereocenters. The minimum atomic E-state index is -3.16. The normalized spacial score (nSPS) is 13.5. The molecule has 4 rings (SSSR count). The van der Waals surface area contributed by atoms with Gasteiger partial charge in [0.05, 0.1) is 12.8 Å². The van der Waals surface area contributed by atoms with Gasteiger partial charge >= 0.3 is 7.52 Å². The van der Waals surface area contributed by atoms with E-state index in [-0.39, 0.29) is 0 Å². The largest absolute Gasteiger partial charge is 0.495 e. The van der Waals surface area contributed by atoms with Crippen LogP contribution in [0.2, 0.25) is 0 Å². The van der Waals surface area contributed by atoms with Gasteiger partial charge in [0.2, 0.25) is 0 Å². The second kappa shape index (κ2) is 6.43. The number of hydrogen-bond donors (Lipinski definition) is 1. The van der Waals surface area contributed by atoms with Crippen LogP contribution in [0.1, 0.15) is 0 Å². The van der Waals surface area contributed by atoms with E-state index in [0.717, 1.165) is 16.4 Å². The maximum Gasteiger partial charge on any atom is 0.338 e. The minimum absolute atomic E-state index is 0.537. The zero-order valence-electron chi connectivity index (χ0n) is 14.4. The number of furan rings is 1. The highest BCUT2D eigenvalue weighted by molar-refractivity contribution is 7.60. The second-order valence-corrected chi connectivity index (χ2v) is 8.11. The van der Waals surface area contributed by atoms with Gasteiger partial charge in [-0.05, 0) is 24.3 Å². The third-order valence-electron chi connectivity index (χ3n) is 4.05.